The Morgan fingerprint density at radius 1 is 1.17 bits per heavy atom. The molecule has 5 heteroatoms. The van der Waals surface area contributed by atoms with E-state index in [2.05, 4.69) is 4.74 Å². The highest BCUT2D eigenvalue weighted by molar-refractivity contribution is 5.96. The first-order chi connectivity index (χ1) is 11.1. The van der Waals surface area contributed by atoms with E-state index in [4.69, 9.17) is 4.42 Å². The molecular formula is C18H19NO4. The number of hydrogen-bond donors (Lipinski definition) is 0. The largest absolute Gasteiger partial charge is 0.467 e. The van der Waals surface area contributed by atoms with Crippen LogP contribution in [0.4, 0.5) is 0 Å². The van der Waals surface area contributed by atoms with Crippen molar-refractivity contribution in [2.45, 2.75) is 31.8 Å². The minimum atomic E-state index is -0.410. The fourth-order valence-electron chi connectivity index (χ4n) is 2.69. The van der Waals surface area contributed by atoms with Gasteiger partial charge in [0.25, 0.3) is 5.91 Å². The van der Waals surface area contributed by atoms with Crippen LogP contribution in [-0.4, -0.2) is 29.9 Å². The molecule has 0 aliphatic heterocycles. The molecule has 120 valence electrons. The molecule has 1 heterocycles. The third-order valence-electron chi connectivity index (χ3n) is 4.10. The first-order valence-electron chi connectivity index (χ1n) is 7.66. The molecule has 0 radical (unpaired) electrons. The fraction of sp³-hybridized carbons (Fsp3) is 0.333. The van der Waals surface area contributed by atoms with Crippen LogP contribution in [0.25, 0.3) is 0 Å². The van der Waals surface area contributed by atoms with Gasteiger partial charge in [-0.3, -0.25) is 4.79 Å². The van der Waals surface area contributed by atoms with E-state index in [1.165, 1.54) is 7.11 Å². The van der Waals surface area contributed by atoms with E-state index in [-0.39, 0.29) is 18.0 Å². The number of esters is 1. The molecule has 1 fully saturated rings. The highest BCUT2D eigenvalue weighted by Gasteiger charge is 2.37. The van der Waals surface area contributed by atoms with Gasteiger partial charge >= 0.3 is 5.97 Å². The number of hydrogen-bond acceptors (Lipinski definition) is 4. The topological polar surface area (TPSA) is 59.8 Å². The summed E-state index contributed by atoms with van der Waals surface area (Å²) in [4.78, 5) is 26.2. The van der Waals surface area contributed by atoms with Crippen LogP contribution in [0, 0.1) is 0 Å². The third-order valence-corrected chi connectivity index (χ3v) is 4.10. The zero-order valence-corrected chi connectivity index (χ0v) is 13.2. The average molecular weight is 313 g/mol. The molecule has 1 aliphatic carbocycles. The molecule has 0 saturated heterocycles. The van der Waals surface area contributed by atoms with E-state index in [1.54, 1.807) is 30.5 Å². The molecule has 1 aliphatic rings. The molecule has 1 aromatic heterocycles. The molecule has 2 aromatic rings. The lowest BCUT2D eigenvalue weighted by Crippen LogP contribution is -2.35. The first-order valence-corrected chi connectivity index (χ1v) is 7.66. The summed E-state index contributed by atoms with van der Waals surface area (Å²) in [6.45, 7) is 1.97. The molecule has 23 heavy (non-hydrogen) atoms. The predicted molar refractivity (Wildman–Crippen MR) is 84.1 cm³/mol. The van der Waals surface area contributed by atoms with E-state index in [9.17, 15) is 9.59 Å². The number of methoxy groups -OCH3 is 1. The van der Waals surface area contributed by atoms with Crippen molar-refractivity contribution in [3.05, 3.63) is 59.5 Å². The van der Waals surface area contributed by atoms with Gasteiger partial charge in [-0.25, -0.2) is 4.79 Å². The minimum absolute atomic E-state index is 0.0483. The van der Waals surface area contributed by atoms with Crippen LogP contribution in [0.15, 0.2) is 47.1 Å². The molecule has 1 amide bonds. The Morgan fingerprint density at radius 2 is 1.83 bits per heavy atom. The standard InChI is InChI=1S/C18H19NO4/c1-12(16-4-3-11-23-16)19(15-9-10-15)17(20)13-5-7-14(8-6-13)18(21)22-2/h3-8,11-12,15H,9-10H2,1-2H3/t12-/m0/s1. The summed E-state index contributed by atoms with van der Waals surface area (Å²) in [5.74, 6) is 0.316. The molecule has 1 saturated carbocycles. The Balaban J connectivity index is 1.83. The number of carbonyl (C=O) groups excluding carboxylic acids is 2. The van der Waals surface area contributed by atoms with Gasteiger partial charge in [-0.15, -0.1) is 0 Å². The number of carbonyl (C=O) groups is 2. The molecule has 0 spiro atoms. The van der Waals surface area contributed by atoms with Gasteiger partial charge in [-0.1, -0.05) is 0 Å². The molecule has 0 N–H and O–H groups in total. The van der Waals surface area contributed by atoms with Gasteiger partial charge in [0, 0.05) is 11.6 Å². The van der Waals surface area contributed by atoms with E-state index in [1.807, 2.05) is 24.0 Å². The number of furan rings is 1. The summed E-state index contributed by atoms with van der Waals surface area (Å²) in [5.41, 5.74) is 0.990. The van der Waals surface area contributed by atoms with E-state index in [0.717, 1.165) is 18.6 Å². The molecule has 1 aromatic carbocycles. The monoisotopic (exact) mass is 313 g/mol. The Hall–Kier alpha value is -2.56. The van der Waals surface area contributed by atoms with Crippen LogP contribution >= 0.6 is 0 Å². The lowest BCUT2D eigenvalue weighted by Gasteiger charge is -2.28. The molecule has 0 bridgehead atoms. The van der Waals surface area contributed by atoms with Gasteiger partial charge in [-0.05, 0) is 56.2 Å². The smallest absolute Gasteiger partial charge is 0.337 e. The third kappa shape index (κ3) is 3.13. The SMILES string of the molecule is COC(=O)c1ccc(C(=O)N(C2CC2)[C@@H](C)c2ccco2)cc1. The van der Waals surface area contributed by atoms with E-state index >= 15 is 0 Å². The number of rotatable bonds is 5. The highest BCUT2D eigenvalue weighted by Crippen LogP contribution is 2.35. The summed E-state index contributed by atoms with van der Waals surface area (Å²) in [7, 11) is 1.33. The second-order valence-corrected chi connectivity index (χ2v) is 5.70. The van der Waals surface area contributed by atoms with Gasteiger partial charge in [-0.2, -0.15) is 0 Å². The Labute approximate surface area is 134 Å². The lowest BCUT2D eigenvalue weighted by atomic mass is 10.1. The minimum Gasteiger partial charge on any atom is -0.467 e. The predicted octanol–water partition coefficient (Wildman–Crippen LogP) is 3.43. The summed E-state index contributed by atoms with van der Waals surface area (Å²) < 4.78 is 10.1. The van der Waals surface area contributed by atoms with Crippen molar-refractivity contribution in [2.75, 3.05) is 7.11 Å². The molecule has 3 rings (SSSR count). The van der Waals surface area contributed by atoms with Crippen molar-refractivity contribution in [1.29, 1.82) is 0 Å². The molecule has 5 nitrogen and oxygen atoms in total. The summed E-state index contributed by atoms with van der Waals surface area (Å²) in [5, 5.41) is 0. The zero-order valence-electron chi connectivity index (χ0n) is 13.2. The van der Waals surface area contributed by atoms with Gasteiger partial charge < -0.3 is 14.1 Å². The lowest BCUT2D eigenvalue weighted by molar-refractivity contribution is 0.0597. The van der Waals surface area contributed by atoms with Crippen LogP contribution < -0.4 is 0 Å². The van der Waals surface area contributed by atoms with Crippen LogP contribution in [0.1, 0.15) is 52.3 Å². The molecular weight excluding hydrogens is 294 g/mol. The van der Waals surface area contributed by atoms with Gasteiger partial charge in [0.2, 0.25) is 0 Å². The van der Waals surface area contributed by atoms with Crippen LogP contribution in [-0.2, 0) is 4.74 Å². The quantitative estimate of drug-likeness (QED) is 0.793. The van der Waals surface area contributed by atoms with Crippen molar-refractivity contribution in [3.63, 3.8) is 0 Å². The number of ether oxygens (including phenoxy) is 1. The van der Waals surface area contributed by atoms with Crippen molar-refractivity contribution < 1.29 is 18.7 Å². The first kappa shape index (κ1) is 15.3. The Bertz CT molecular complexity index is 686. The van der Waals surface area contributed by atoms with Crippen LogP contribution in [0.3, 0.4) is 0 Å². The summed E-state index contributed by atoms with van der Waals surface area (Å²) in [6.07, 6.45) is 3.64. The number of benzene rings is 1. The maximum atomic E-state index is 12.9. The number of amides is 1. The van der Waals surface area contributed by atoms with Crippen molar-refractivity contribution >= 4 is 11.9 Å². The second-order valence-electron chi connectivity index (χ2n) is 5.70. The maximum absolute atomic E-state index is 12.9. The fourth-order valence-corrected chi connectivity index (χ4v) is 2.69. The van der Waals surface area contributed by atoms with Crippen molar-refractivity contribution in [2.24, 2.45) is 0 Å². The number of nitrogens with zero attached hydrogens (tertiary/aromatic N) is 1. The maximum Gasteiger partial charge on any atom is 0.337 e. The van der Waals surface area contributed by atoms with E-state index < -0.39 is 5.97 Å². The van der Waals surface area contributed by atoms with Crippen LogP contribution in [0.5, 0.6) is 0 Å². The highest BCUT2D eigenvalue weighted by atomic mass is 16.5. The van der Waals surface area contributed by atoms with Crippen LogP contribution in [0.2, 0.25) is 0 Å². The molecule has 1 atom stereocenters. The Morgan fingerprint density at radius 3 is 2.35 bits per heavy atom. The molecule has 0 unspecified atom stereocenters. The van der Waals surface area contributed by atoms with Gasteiger partial charge in [0.1, 0.15) is 5.76 Å². The van der Waals surface area contributed by atoms with Crippen molar-refractivity contribution in [1.82, 2.24) is 4.90 Å². The normalized spacial score (nSPS) is 15.0. The average Bonchev–Trinajstić information content (AvgIpc) is 3.25. The zero-order chi connectivity index (χ0) is 16.4. The van der Waals surface area contributed by atoms with Crippen molar-refractivity contribution in [3.8, 4) is 0 Å². The van der Waals surface area contributed by atoms with Gasteiger partial charge in [0.05, 0.1) is 25.0 Å². The second kappa shape index (κ2) is 6.28. The summed E-state index contributed by atoms with van der Waals surface area (Å²) in [6, 6.07) is 10.4. The van der Waals surface area contributed by atoms with E-state index in [0.29, 0.717) is 11.1 Å². The van der Waals surface area contributed by atoms with Gasteiger partial charge in [0.15, 0.2) is 0 Å². The summed E-state index contributed by atoms with van der Waals surface area (Å²) >= 11 is 0. The Kier molecular flexibility index (Phi) is 4.19.